The van der Waals surface area contributed by atoms with Gasteiger partial charge in [0.1, 0.15) is 11.5 Å². The molecule has 3 heterocycles. The first-order chi connectivity index (χ1) is 14.4. The fourth-order valence-electron chi connectivity index (χ4n) is 3.03. The van der Waals surface area contributed by atoms with Crippen LogP contribution < -0.4 is 10.2 Å². The molecule has 0 aliphatic rings. The highest BCUT2D eigenvalue weighted by Crippen LogP contribution is 2.23. The van der Waals surface area contributed by atoms with Gasteiger partial charge in [0.25, 0.3) is 5.91 Å². The van der Waals surface area contributed by atoms with E-state index in [0.717, 1.165) is 21.4 Å². The predicted octanol–water partition coefficient (Wildman–Crippen LogP) is 4.53. The van der Waals surface area contributed by atoms with Gasteiger partial charge in [0.2, 0.25) is 0 Å². The molecule has 2 amide bonds. The van der Waals surface area contributed by atoms with Crippen LogP contribution >= 0.6 is 15.9 Å². The topological polar surface area (TPSA) is 99.8 Å². The number of benzene rings is 1. The molecule has 3 aromatic heterocycles. The van der Waals surface area contributed by atoms with Crippen LogP contribution in [0.5, 0.6) is 0 Å². The number of carbonyl (C=O) groups excluding carboxylic acids is 1. The summed E-state index contributed by atoms with van der Waals surface area (Å²) in [6, 6.07) is 14.3. The molecule has 4 aromatic rings. The van der Waals surface area contributed by atoms with E-state index < -0.39 is 6.09 Å². The molecule has 1 aromatic carbocycles. The van der Waals surface area contributed by atoms with E-state index in [1.54, 1.807) is 54.8 Å². The number of pyridine rings is 2. The number of hydrogen-bond donors (Lipinski definition) is 2. The number of rotatable bonds is 4. The van der Waals surface area contributed by atoms with E-state index in [0.29, 0.717) is 11.2 Å². The first-order valence-electron chi connectivity index (χ1n) is 8.89. The number of fused-ring (bicyclic) bond motifs is 1. The van der Waals surface area contributed by atoms with Crippen molar-refractivity contribution in [1.82, 2.24) is 14.4 Å². The number of nitrogens with zero attached hydrogens (tertiary/aromatic N) is 4. The maximum atomic E-state index is 13.0. The Hall–Kier alpha value is -3.72. The Morgan fingerprint density at radius 3 is 2.47 bits per heavy atom. The van der Waals surface area contributed by atoms with Crippen molar-refractivity contribution in [2.45, 2.75) is 0 Å². The molecule has 0 spiro atoms. The summed E-state index contributed by atoms with van der Waals surface area (Å²) in [5, 5.41) is 11.0. The lowest BCUT2D eigenvalue weighted by atomic mass is 10.2. The minimum absolute atomic E-state index is 0.155. The number of halogens is 1. The van der Waals surface area contributed by atoms with Crippen molar-refractivity contribution in [2.75, 3.05) is 17.3 Å². The summed E-state index contributed by atoms with van der Waals surface area (Å²) in [5.41, 5.74) is 3.44. The number of anilines is 2. The van der Waals surface area contributed by atoms with E-state index in [1.807, 2.05) is 28.7 Å². The van der Waals surface area contributed by atoms with Gasteiger partial charge < -0.3 is 10.0 Å². The van der Waals surface area contributed by atoms with E-state index in [-0.39, 0.29) is 11.7 Å². The molecule has 0 fully saturated rings. The van der Waals surface area contributed by atoms with Crippen LogP contribution in [0.4, 0.5) is 16.3 Å². The number of carbonyl (C=O) groups is 2. The number of aromatic nitrogens is 3. The Balaban J connectivity index is 1.66. The quantitative estimate of drug-likeness (QED) is 0.461. The van der Waals surface area contributed by atoms with E-state index >= 15 is 0 Å². The van der Waals surface area contributed by atoms with E-state index in [2.05, 4.69) is 31.2 Å². The molecule has 0 saturated carbocycles. The maximum Gasteiger partial charge on any atom is 0.410 e. The number of nitrogens with one attached hydrogen (secondary N) is 1. The molecule has 9 heteroatoms. The zero-order chi connectivity index (χ0) is 21.3. The van der Waals surface area contributed by atoms with Gasteiger partial charge in [0, 0.05) is 35.2 Å². The fourth-order valence-corrected chi connectivity index (χ4v) is 3.29. The largest absolute Gasteiger partial charge is 0.465 e. The maximum absolute atomic E-state index is 13.0. The first kappa shape index (κ1) is 19.6. The van der Waals surface area contributed by atoms with Gasteiger partial charge in [0.15, 0.2) is 0 Å². The summed E-state index contributed by atoms with van der Waals surface area (Å²) >= 11 is 3.39. The van der Waals surface area contributed by atoms with Gasteiger partial charge >= 0.3 is 6.09 Å². The Bertz CT molecular complexity index is 1240. The van der Waals surface area contributed by atoms with Gasteiger partial charge in [0.05, 0.1) is 17.5 Å². The molecule has 4 rings (SSSR count). The van der Waals surface area contributed by atoms with Gasteiger partial charge in [-0.25, -0.2) is 14.8 Å². The number of imidazole rings is 1. The number of carboxylic acid groups (broad SMARTS) is 1. The lowest BCUT2D eigenvalue weighted by Gasteiger charge is -2.17. The summed E-state index contributed by atoms with van der Waals surface area (Å²) in [6.45, 7) is 0. The van der Waals surface area contributed by atoms with Crippen molar-refractivity contribution < 1.29 is 14.7 Å². The van der Waals surface area contributed by atoms with Gasteiger partial charge in [-0.1, -0.05) is 15.9 Å². The van der Waals surface area contributed by atoms with Crippen molar-refractivity contribution in [3.63, 3.8) is 0 Å². The monoisotopic (exact) mass is 465 g/mol. The summed E-state index contributed by atoms with van der Waals surface area (Å²) in [7, 11) is 1.72. The van der Waals surface area contributed by atoms with E-state index in [4.69, 9.17) is 5.11 Å². The molecule has 0 radical (unpaired) electrons. The molecule has 0 bridgehead atoms. The standard InChI is InChI=1S/C21H16BrN5O3/c1-26(16-6-4-15(22)5-7-16)20(28)14-3-9-19-24-11-17(27(19)12-14)13-2-8-18(23-10-13)25-21(29)30/h2-12H,1H3,(H,23,25)(H,29,30). The lowest BCUT2D eigenvalue weighted by Crippen LogP contribution is -2.26. The molecular formula is C21H16BrN5O3. The van der Waals surface area contributed by atoms with Crippen LogP contribution in [0, 0.1) is 0 Å². The third kappa shape index (κ3) is 3.87. The van der Waals surface area contributed by atoms with Crippen molar-refractivity contribution in [2.24, 2.45) is 0 Å². The van der Waals surface area contributed by atoms with Crippen molar-refractivity contribution >= 4 is 45.1 Å². The van der Waals surface area contributed by atoms with E-state index in [1.165, 1.54) is 0 Å². The Morgan fingerprint density at radius 1 is 1.03 bits per heavy atom. The Labute approximate surface area is 179 Å². The second-order valence-corrected chi connectivity index (χ2v) is 7.41. The molecular weight excluding hydrogens is 450 g/mol. The molecule has 0 atom stereocenters. The first-order valence-corrected chi connectivity index (χ1v) is 9.69. The minimum Gasteiger partial charge on any atom is -0.465 e. The second-order valence-electron chi connectivity index (χ2n) is 6.49. The van der Waals surface area contributed by atoms with Crippen LogP contribution in [0.25, 0.3) is 16.9 Å². The van der Waals surface area contributed by atoms with Crippen molar-refractivity contribution in [3.05, 3.63) is 77.2 Å². The molecule has 30 heavy (non-hydrogen) atoms. The minimum atomic E-state index is -1.18. The summed E-state index contributed by atoms with van der Waals surface area (Å²) in [5.74, 6) is 0.0741. The predicted molar refractivity (Wildman–Crippen MR) is 117 cm³/mol. The van der Waals surface area contributed by atoms with Crippen LogP contribution in [0.3, 0.4) is 0 Å². The van der Waals surface area contributed by atoms with Gasteiger partial charge in [-0.15, -0.1) is 0 Å². The number of amides is 2. The molecule has 0 unspecified atom stereocenters. The SMILES string of the molecule is CN(C(=O)c1ccc2ncc(-c3ccc(NC(=O)O)nc3)n2c1)c1ccc(Br)cc1. The van der Waals surface area contributed by atoms with Gasteiger partial charge in [-0.3, -0.25) is 14.5 Å². The average molecular weight is 466 g/mol. The normalized spacial score (nSPS) is 10.7. The van der Waals surface area contributed by atoms with Crippen LogP contribution in [0.15, 0.2) is 71.6 Å². The van der Waals surface area contributed by atoms with Gasteiger partial charge in [-0.05, 0) is 48.5 Å². The second kappa shape index (κ2) is 7.96. The molecule has 2 N–H and O–H groups in total. The van der Waals surface area contributed by atoms with Crippen molar-refractivity contribution in [1.29, 1.82) is 0 Å². The molecule has 0 saturated heterocycles. The average Bonchev–Trinajstić information content (AvgIpc) is 3.16. The fraction of sp³-hybridized carbons (Fsp3) is 0.0476. The van der Waals surface area contributed by atoms with Crippen LogP contribution in [0.2, 0.25) is 0 Å². The molecule has 150 valence electrons. The summed E-state index contributed by atoms with van der Waals surface area (Å²) in [4.78, 5) is 33.8. The third-order valence-electron chi connectivity index (χ3n) is 4.57. The van der Waals surface area contributed by atoms with Crippen molar-refractivity contribution in [3.8, 4) is 11.3 Å². The Kier molecular flexibility index (Phi) is 5.20. The Morgan fingerprint density at radius 2 is 1.80 bits per heavy atom. The molecule has 0 aliphatic carbocycles. The highest BCUT2D eigenvalue weighted by atomic mass is 79.9. The zero-order valence-corrected chi connectivity index (χ0v) is 17.4. The zero-order valence-electron chi connectivity index (χ0n) is 15.8. The lowest BCUT2D eigenvalue weighted by molar-refractivity contribution is 0.0992. The van der Waals surface area contributed by atoms with E-state index in [9.17, 15) is 9.59 Å². The number of hydrogen-bond acceptors (Lipinski definition) is 4. The van der Waals surface area contributed by atoms with Crippen LogP contribution in [0.1, 0.15) is 10.4 Å². The summed E-state index contributed by atoms with van der Waals surface area (Å²) < 4.78 is 2.75. The molecule has 8 nitrogen and oxygen atoms in total. The molecule has 0 aliphatic heterocycles. The summed E-state index contributed by atoms with van der Waals surface area (Å²) in [6.07, 6.45) is 3.79. The smallest absolute Gasteiger partial charge is 0.410 e. The highest BCUT2D eigenvalue weighted by Gasteiger charge is 2.16. The van der Waals surface area contributed by atoms with Crippen LogP contribution in [-0.4, -0.2) is 38.5 Å². The van der Waals surface area contributed by atoms with Gasteiger partial charge in [-0.2, -0.15) is 0 Å². The van der Waals surface area contributed by atoms with Crippen LogP contribution in [-0.2, 0) is 0 Å². The highest BCUT2D eigenvalue weighted by molar-refractivity contribution is 9.10. The third-order valence-corrected chi connectivity index (χ3v) is 5.09.